The van der Waals surface area contributed by atoms with Crippen molar-refractivity contribution in [1.29, 1.82) is 5.26 Å². The zero-order valence-electron chi connectivity index (χ0n) is 8.29. The number of hydrogen-bond acceptors (Lipinski definition) is 3. The van der Waals surface area contributed by atoms with E-state index in [0.717, 1.165) is 16.6 Å². The Morgan fingerprint density at radius 2 is 2.12 bits per heavy atom. The van der Waals surface area contributed by atoms with Crippen LogP contribution in [0.1, 0.15) is 5.69 Å². The van der Waals surface area contributed by atoms with Gasteiger partial charge < -0.3 is 4.42 Å². The van der Waals surface area contributed by atoms with E-state index in [0.29, 0.717) is 5.69 Å². The van der Waals surface area contributed by atoms with Crippen molar-refractivity contribution in [2.45, 2.75) is 0 Å². The minimum absolute atomic E-state index is 0.428. The van der Waals surface area contributed by atoms with Crippen LogP contribution in [0.4, 0.5) is 0 Å². The van der Waals surface area contributed by atoms with Crippen molar-refractivity contribution in [3.63, 3.8) is 0 Å². The van der Waals surface area contributed by atoms with Crippen molar-refractivity contribution >= 4 is 10.9 Å². The van der Waals surface area contributed by atoms with Gasteiger partial charge in [0.1, 0.15) is 18.0 Å². The van der Waals surface area contributed by atoms with Crippen LogP contribution in [0.25, 0.3) is 16.6 Å². The fraction of sp³-hybridized carbons (Fsp3) is 0. The summed E-state index contributed by atoms with van der Waals surface area (Å²) in [5, 5.41) is 14.1. The molecule has 1 aromatic carbocycles. The molecule has 0 saturated carbocycles. The fourth-order valence-corrected chi connectivity index (χ4v) is 1.72. The van der Waals surface area contributed by atoms with Crippen LogP contribution in [0.3, 0.4) is 0 Å². The van der Waals surface area contributed by atoms with Gasteiger partial charge in [-0.25, -0.2) is 4.68 Å². The number of hydrogen-bond donors (Lipinski definition) is 0. The molecule has 3 aromatic rings. The minimum atomic E-state index is 0.428. The van der Waals surface area contributed by atoms with Crippen LogP contribution in [0.2, 0.25) is 0 Å². The summed E-state index contributed by atoms with van der Waals surface area (Å²) in [4.78, 5) is 0. The van der Waals surface area contributed by atoms with Gasteiger partial charge in [0.2, 0.25) is 0 Å². The number of aromatic nitrogens is 2. The van der Waals surface area contributed by atoms with E-state index < -0.39 is 0 Å². The van der Waals surface area contributed by atoms with Crippen molar-refractivity contribution in [3.8, 4) is 11.8 Å². The molecule has 76 valence electrons. The lowest BCUT2D eigenvalue weighted by molar-refractivity contribution is 0.565. The largest absolute Gasteiger partial charge is 0.470 e. The monoisotopic (exact) mass is 209 g/mol. The molecule has 0 spiro atoms. The van der Waals surface area contributed by atoms with Crippen LogP contribution in [0.5, 0.6) is 0 Å². The van der Waals surface area contributed by atoms with E-state index in [9.17, 15) is 0 Å². The van der Waals surface area contributed by atoms with Crippen LogP contribution in [-0.2, 0) is 0 Å². The zero-order valence-corrected chi connectivity index (χ0v) is 8.29. The molecule has 0 amide bonds. The molecule has 0 radical (unpaired) electrons. The molecule has 0 N–H and O–H groups in total. The fourth-order valence-electron chi connectivity index (χ4n) is 1.72. The molecule has 0 atom stereocenters. The van der Waals surface area contributed by atoms with Gasteiger partial charge in [0, 0.05) is 11.5 Å². The van der Waals surface area contributed by atoms with Crippen LogP contribution < -0.4 is 0 Å². The van der Waals surface area contributed by atoms with E-state index in [1.54, 1.807) is 23.3 Å². The van der Waals surface area contributed by atoms with Crippen LogP contribution in [-0.4, -0.2) is 9.78 Å². The van der Waals surface area contributed by atoms with Gasteiger partial charge in [0.25, 0.3) is 0 Å². The van der Waals surface area contributed by atoms with E-state index in [2.05, 4.69) is 11.2 Å². The molecule has 2 aromatic heterocycles. The molecular formula is C12H7N3O. The Balaban J connectivity index is 2.39. The Hall–Kier alpha value is -2.54. The zero-order chi connectivity index (χ0) is 11.0. The number of nitrogens with zero attached hydrogens (tertiary/aromatic N) is 3. The van der Waals surface area contributed by atoms with Gasteiger partial charge in [-0.3, -0.25) is 0 Å². The number of fused-ring (bicyclic) bond motifs is 1. The average molecular weight is 209 g/mol. The Morgan fingerprint density at radius 3 is 2.88 bits per heavy atom. The molecule has 4 heteroatoms. The standard InChI is InChI=1S/C12H7N3O/c13-7-11-10-3-1-2-4-12(10)15(14-11)9-5-6-16-8-9/h1-6,8H. The van der Waals surface area contributed by atoms with E-state index in [4.69, 9.17) is 9.68 Å². The highest BCUT2D eigenvalue weighted by atomic mass is 16.3. The molecular weight excluding hydrogens is 202 g/mol. The first-order valence-electron chi connectivity index (χ1n) is 4.80. The molecule has 4 nitrogen and oxygen atoms in total. The second-order valence-corrected chi connectivity index (χ2v) is 3.37. The number of rotatable bonds is 1. The normalized spacial score (nSPS) is 10.4. The lowest BCUT2D eigenvalue weighted by Crippen LogP contribution is -1.93. The predicted octanol–water partition coefficient (Wildman–Crippen LogP) is 2.49. The molecule has 0 saturated heterocycles. The summed E-state index contributed by atoms with van der Waals surface area (Å²) in [7, 11) is 0. The molecule has 2 heterocycles. The third-order valence-electron chi connectivity index (χ3n) is 2.44. The van der Waals surface area contributed by atoms with Gasteiger partial charge in [0.15, 0.2) is 5.69 Å². The maximum Gasteiger partial charge on any atom is 0.170 e. The van der Waals surface area contributed by atoms with E-state index in [1.165, 1.54) is 0 Å². The third-order valence-corrected chi connectivity index (χ3v) is 2.44. The van der Waals surface area contributed by atoms with Crippen molar-refractivity contribution in [3.05, 3.63) is 48.6 Å². The highest BCUT2D eigenvalue weighted by molar-refractivity contribution is 5.85. The molecule has 16 heavy (non-hydrogen) atoms. The van der Waals surface area contributed by atoms with Gasteiger partial charge in [-0.05, 0) is 12.1 Å². The number of para-hydroxylation sites is 1. The van der Waals surface area contributed by atoms with Gasteiger partial charge in [-0.2, -0.15) is 10.4 Å². The minimum Gasteiger partial charge on any atom is -0.470 e. The topological polar surface area (TPSA) is 54.8 Å². The van der Waals surface area contributed by atoms with E-state index in [1.807, 2.05) is 24.3 Å². The summed E-state index contributed by atoms with van der Waals surface area (Å²) in [6.45, 7) is 0. The third kappa shape index (κ3) is 1.12. The molecule has 0 fully saturated rings. The Labute approximate surface area is 91.3 Å². The van der Waals surface area contributed by atoms with Gasteiger partial charge in [-0.15, -0.1) is 0 Å². The first-order chi connectivity index (χ1) is 7.90. The van der Waals surface area contributed by atoms with E-state index in [-0.39, 0.29) is 0 Å². The number of nitriles is 1. The van der Waals surface area contributed by atoms with Gasteiger partial charge in [0.05, 0.1) is 11.8 Å². The Kier molecular flexibility index (Phi) is 1.77. The first kappa shape index (κ1) is 8.74. The lowest BCUT2D eigenvalue weighted by Gasteiger charge is -1.96. The molecule has 0 aliphatic rings. The van der Waals surface area contributed by atoms with Crippen molar-refractivity contribution in [1.82, 2.24) is 9.78 Å². The lowest BCUT2D eigenvalue weighted by atomic mass is 10.2. The summed E-state index contributed by atoms with van der Waals surface area (Å²) in [5.41, 5.74) is 2.15. The van der Waals surface area contributed by atoms with Gasteiger partial charge >= 0.3 is 0 Å². The summed E-state index contributed by atoms with van der Waals surface area (Å²) in [6.07, 6.45) is 3.18. The second kappa shape index (κ2) is 3.24. The average Bonchev–Trinajstić information content (AvgIpc) is 2.95. The molecule has 3 rings (SSSR count). The van der Waals surface area contributed by atoms with Crippen molar-refractivity contribution in [2.75, 3.05) is 0 Å². The van der Waals surface area contributed by atoms with Crippen LogP contribution >= 0.6 is 0 Å². The Morgan fingerprint density at radius 1 is 1.25 bits per heavy atom. The smallest absolute Gasteiger partial charge is 0.170 e. The maximum atomic E-state index is 9.00. The molecule has 0 bridgehead atoms. The van der Waals surface area contributed by atoms with E-state index >= 15 is 0 Å². The van der Waals surface area contributed by atoms with Crippen molar-refractivity contribution in [2.24, 2.45) is 0 Å². The molecule has 0 unspecified atom stereocenters. The highest BCUT2D eigenvalue weighted by Gasteiger charge is 2.10. The molecule has 0 aliphatic heterocycles. The first-order valence-corrected chi connectivity index (χ1v) is 4.80. The Bertz CT molecular complexity index is 674. The quantitative estimate of drug-likeness (QED) is 0.618. The summed E-state index contributed by atoms with van der Waals surface area (Å²) in [5.74, 6) is 0. The SMILES string of the molecule is N#Cc1nn(-c2ccoc2)c2ccccc12. The number of benzene rings is 1. The number of furan rings is 1. The predicted molar refractivity (Wildman–Crippen MR) is 58.1 cm³/mol. The van der Waals surface area contributed by atoms with Crippen LogP contribution in [0.15, 0.2) is 47.3 Å². The highest BCUT2D eigenvalue weighted by Crippen LogP contribution is 2.21. The van der Waals surface area contributed by atoms with Crippen molar-refractivity contribution < 1.29 is 4.42 Å². The van der Waals surface area contributed by atoms with Crippen LogP contribution in [0, 0.1) is 11.3 Å². The summed E-state index contributed by atoms with van der Waals surface area (Å²) < 4.78 is 6.72. The summed E-state index contributed by atoms with van der Waals surface area (Å²) >= 11 is 0. The second-order valence-electron chi connectivity index (χ2n) is 3.37. The summed E-state index contributed by atoms with van der Waals surface area (Å²) in [6, 6.07) is 11.5. The maximum absolute atomic E-state index is 9.00. The molecule has 0 aliphatic carbocycles. The van der Waals surface area contributed by atoms with Gasteiger partial charge in [-0.1, -0.05) is 12.1 Å².